The summed E-state index contributed by atoms with van der Waals surface area (Å²) in [5.74, 6) is 0. The molecule has 1 heterocycles. The molecule has 0 saturated carbocycles. The second-order valence-electron chi connectivity index (χ2n) is 4.29. The fraction of sp³-hybridized carbons (Fsp3) is 0.200. The van der Waals surface area contributed by atoms with Crippen LogP contribution in [0.5, 0.6) is 0 Å². The molecule has 104 valence electrons. The highest BCUT2D eigenvalue weighted by Gasteiger charge is 2.04. The van der Waals surface area contributed by atoms with Crippen molar-refractivity contribution in [1.29, 1.82) is 0 Å². The summed E-state index contributed by atoms with van der Waals surface area (Å²) < 4.78 is 5.62. The van der Waals surface area contributed by atoms with E-state index in [4.69, 9.17) is 34.3 Å². The summed E-state index contributed by atoms with van der Waals surface area (Å²) in [6, 6.07) is 11.3. The molecule has 20 heavy (non-hydrogen) atoms. The van der Waals surface area contributed by atoms with E-state index in [1.165, 1.54) is 0 Å². The van der Waals surface area contributed by atoms with Gasteiger partial charge in [0.15, 0.2) is 0 Å². The van der Waals surface area contributed by atoms with Crippen molar-refractivity contribution in [3.63, 3.8) is 0 Å². The molecule has 3 nitrogen and oxygen atoms in total. The van der Waals surface area contributed by atoms with Crippen LogP contribution in [-0.2, 0) is 17.8 Å². The van der Waals surface area contributed by atoms with Crippen molar-refractivity contribution >= 4 is 28.8 Å². The van der Waals surface area contributed by atoms with Gasteiger partial charge in [-0.25, -0.2) is 0 Å². The summed E-state index contributed by atoms with van der Waals surface area (Å²) in [6.45, 7) is 1.06. The van der Waals surface area contributed by atoms with Crippen LogP contribution in [0, 0.1) is 0 Å². The van der Waals surface area contributed by atoms with E-state index in [1.807, 2.05) is 30.3 Å². The molecule has 0 aliphatic carbocycles. The van der Waals surface area contributed by atoms with E-state index < -0.39 is 0 Å². The van der Waals surface area contributed by atoms with Crippen LogP contribution < -0.4 is 5.73 Å². The number of pyridine rings is 1. The lowest BCUT2D eigenvalue weighted by atomic mass is 10.1. The smallest absolute Gasteiger partial charge is 0.104 e. The van der Waals surface area contributed by atoms with E-state index in [2.05, 4.69) is 4.98 Å². The van der Waals surface area contributed by atoms with Gasteiger partial charge >= 0.3 is 0 Å². The van der Waals surface area contributed by atoms with Crippen LogP contribution in [0.2, 0.25) is 5.02 Å². The molecule has 0 atom stereocenters. The molecule has 0 aliphatic heterocycles. The maximum atomic E-state index is 6.16. The summed E-state index contributed by atoms with van der Waals surface area (Å²) in [7, 11) is 0. The number of halogens is 1. The normalized spacial score (nSPS) is 10.4. The van der Waals surface area contributed by atoms with Gasteiger partial charge in [0.25, 0.3) is 0 Å². The number of aromatic nitrogens is 1. The third-order valence-corrected chi connectivity index (χ3v) is 3.41. The minimum atomic E-state index is 0.342. The highest BCUT2D eigenvalue weighted by Crippen LogP contribution is 2.19. The topological polar surface area (TPSA) is 48.1 Å². The van der Waals surface area contributed by atoms with Crippen LogP contribution >= 0.6 is 23.8 Å². The third-order valence-electron chi connectivity index (χ3n) is 2.82. The van der Waals surface area contributed by atoms with Crippen molar-refractivity contribution < 1.29 is 4.74 Å². The minimum absolute atomic E-state index is 0.342. The number of benzene rings is 1. The number of hydrogen-bond acceptors (Lipinski definition) is 3. The van der Waals surface area contributed by atoms with E-state index >= 15 is 0 Å². The predicted octanol–water partition coefficient (Wildman–Crippen LogP) is 3.13. The van der Waals surface area contributed by atoms with Gasteiger partial charge in [0.1, 0.15) is 4.99 Å². The average molecular weight is 307 g/mol. The lowest BCUT2D eigenvalue weighted by molar-refractivity contribution is 0.123. The zero-order valence-corrected chi connectivity index (χ0v) is 12.5. The maximum absolute atomic E-state index is 6.16. The van der Waals surface area contributed by atoms with Crippen LogP contribution in [-0.4, -0.2) is 16.6 Å². The summed E-state index contributed by atoms with van der Waals surface area (Å²) in [6.07, 6.45) is 2.56. The standard InChI is InChI=1S/C15H15ClN2OS/c16-14-9-11(15(17)20)4-5-12(14)10-19-8-6-13-3-1-2-7-18-13/h1-5,7,9H,6,8,10H2,(H2,17,20). The van der Waals surface area contributed by atoms with Gasteiger partial charge < -0.3 is 10.5 Å². The second-order valence-corrected chi connectivity index (χ2v) is 5.14. The number of ether oxygens (including phenoxy) is 1. The van der Waals surface area contributed by atoms with Crippen LogP contribution in [0.1, 0.15) is 16.8 Å². The molecule has 0 spiro atoms. The first-order valence-corrected chi connectivity index (χ1v) is 7.01. The molecule has 1 aromatic heterocycles. The van der Waals surface area contributed by atoms with Gasteiger partial charge in [-0.3, -0.25) is 4.98 Å². The summed E-state index contributed by atoms with van der Waals surface area (Å²) >= 11 is 11.1. The van der Waals surface area contributed by atoms with Crippen LogP contribution in [0.4, 0.5) is 0 Å². The zero-order valence-electron chi connectivity index (χ0n) is 10.9. The van der Waals surface area contributed by atoms with Gasteiger partial charge in [0, 0.05) is 28.9 Å². The molecule has 0 unspecified atom stereocenters. The largest absolute Gasteiger partial charge is 0.389 e. The maximum Gasteiger partial charge on any atom is 0.104 e. The molecule has 2 rings (SSSR count). The Morgan fingerprint density at radius 3 is 2.80 bits per heavy atom. The summed E-state index contributed by atoms with van der Waals surface area (Å²) in [5, 5.41) is 0.619. The van der Waals surface area contributed by atoms with Crippen LogP contribution in [0.15, 0.2) is 42.6 Å². The van der Waals surface area contributed by atoms with E-state index in [0.29, 0.717) is 23.2 Å². The van der Waals surface area contributed by atoms with Gasteiger partial charge in [-0.05, 0) is 23.8 Å². The van der Waals surface area contributed by atoms with E-state index in [-0.39, 0.29) is 0 Å². The monoisotopic (exact) mass is 306 g/mol. The molecule has 2 aromatic rings. The van der Waals surface area contributed by atoms with Gasteiger partial charge in [-0.15, -0.1) is 0 Å². The molecule has 1 aromatic carbocycles. The summed E-state index contributed by atoms with van der Waals surface area (Å²) in [5.41, 5.74) is 8.26. The molecule has 0 bridgehead atoms. The molecule has 2 N–H and O–H groups in total. The lowest BCUT2D eigenvalue weighted by Crippen LogP contribution is -2.09. The first-order chi connectivity index (χ1) is 9.66. The Balaban J connectivity index is 1.84. The Bertz CT molecular complexity index is 590. The van der Waals surface area contributed by atoms with Crippen molar-refractivity contribution in [3.8, 4) is 0 Å². The Kier molecular flexibility index (Phi) is 5.47. The Hall–Kier alpha value is -1.49. The molecular formula is C15H15ClN2OS. The van der Waals surface area contributed by atoms with Crippen molar-refractivity contribution in [2.75, 3.05) is 6.61 Å². The summed E-state index contributed by atoms with van der Waals surface area (Å²) in [4.78, 5) is 4.58. The van der Waals surface area contributed by atoms with Crippen LogP contribution in [0.3, 0.4) is 0 Å². The van der Waals surface area contributed by atoms with Crippen molar-refractivity contribution in [3.05, 3.63) is 64.4 Å². The molecule has 0 amide bonds. The minimum Gasteiger partial charge on any atom is -0.389 e. The third kappa shape index (κ3) is 4.27. The van der Waals surface area contributed by atoms with Crippen molar-refractivity contribution in [1.82, 2.24) is 4.98 Å². The van der Waals surface area contributed by atoms with Gasteiger partial charge in [0.05, 0.1) is 13.2 Å². The average Bonchev–Trinajstić information content (AvgIpc) is 2.46. The van der Waals surface area contributed by atoms with Gasteiger partial charge in [0.2, 0.25) is 0 Å². The zero-order chi connectivity index (χ0) is 14.4. The SMILES string of the molecule is NC(=S)c1ccc(COCCc2ccccn2)c(Cl)c1. The number of nitrogens with zero attached hydrogens (tertiary/aromatic N) is 1. The van der Waals surface area contributed by atoms with Crippen molar-refractivity contribution in [2.45, 2.75) is 13.0 Å². The molecule has 0 radical (unpaired) electrons. The Morgan fingerprint density at radius 2 is 2.15 bits per heavy atom. The molecule has 0 saturated heterocycles. The molecule has 5 heteroatoms. The molecular weight excluding hydrogens is 292 g/mol. The second kappa shape index (κ2) is 7.33. The Labute approximate surface area is 128 Å². The van der Waals surface area contributed by atoms with Crippen LogP contribution in [0.25, 0.3) is 0 Å². The Morgan fingerprint density at radius 1 is 1.30 bits per heavy atom. The van der Waals surface area contributed by atoms with Gasteiger partial charge in [-0.1, -0.05) is 42.0 Å². The number of hydrogen-bond donors (Lipinski definition) is 1. The highest BCUT2D eigenvalue weighted by molar-refractivity contribution is 7.80. The quantitative estimate of drug-likeness (QED) is 0.658. The van der Waals surface area contributed by atoms with E-state index in [0.717, 1.165) is 23.2 Å². The molecule has 0 aliphatic rings. The number of thiocarbonyl (C=S) groups is 1. The fourth-order valence-corrected chi connectivity index (χ4v) is 2.08. The van der Waals surface area contributed by atoms with Gasteiger partial charge in [-0.2, -0.15) is 0 Å². The van der Waals surface area contributed by atoms with Crippen molar-refractivity contribution in [2.24, 2.45) is 5.73 Å². The number of nitrogens with two attached hydrogens (primary N) is 1. The molecule has 0 fully saturated rings. The lowest BCUT2D eigenvalue weighted by Gasteiger charge is -2.07. The highest BCUT2D eigenvalue weighted by atomic mass is 35.5. The fourth-order valence-electron chi connectivity index (χ4n) is 1.72. The van der Waals surface area contributed by atoms with E-state index in [1.54, 1.807) is 12.3 Å². The predicted molar refractivity (Wildman–Crippen MR) is 84.9 cm³/mol. The first kappa shape index (κ1) is 14.9. The number of rotatable bonds is 6. The first-order valence-electron chi connectivity index (χ1n) is 6.22. The van der Waals surface area contributed by atoms with E-state index in [9.17, 15) is 0 Å².